The Morgan fingerprint density at radius 2 is 1.75 bits per heavy atom. The number of carbonyl (C=O) groups excluding carboxylic acids is 2. The van der Waals surface area contributed by atoms with Crippen LogP contribution in [0, 0.1) is 0 Å². The highest BCUT2D eigenvalue weighted by molar-refractivity contribution is 5.68. The Balaban J connectivity index is 4.30. The molecule has 0 rings (SSSR count). The molecular weight excluding hydrogens is 212 g/mol. The van der Waals surface area contributed by atoms with Gasteiger partial charge in [0, 0.05) is 6.92 Å². The smallest absolute Gasteiger partial charge is 0.424 e. The molecule has 0 fully saturated rings. The summed E-state index contributed by atoms with van der Waals surface area (Å²) < 4.78 is 5.02. The molecule has 0 aromatic carbocycles. The molecule has 0 spiro atoms. The van der Waals surface area contributed by atoms with Gasteiger partial charge in [-0.2, -0.15) is 0 Å². The van der Waals surface area contributed by atoms with Gasteiger partial charge in [0.05, 0.1) is 6.04 Å². The van der Waals surface area contributed by atoms with Gasteiger partial charge in [-0.25, -0.2) is 10.2 Å². The van der Waals surface area contributed by atoms with Crippen LogP contribution in [0.3, 0.4) is 0 Å². The molecule has 0 aliphatic heterocycles. The van der Waals surface area contributed by atoms with E-state index in [2.05, 4.69) is 5.43 Å². The van der Waals surface area contributed by atoms with Gasteiger partial charge in [-0.3, -0.25) is 4.79 Å². The van der Waals surface area contributed by atoms with Crippen molar-refractivity contribution in [2.75, 3.05) is 0 Å². The summed E-state index contributed by atoms with van der Waals surface area (Å²) in [6.45, 7) is 10.0. The predicted molar refractivity (Wildman–Crippen MR) is 58.1 cm³/mol. The number of hydrogen-bond donors (Lipinski definition) is 1. The first-order valence-corrected chi connectivity index (χ1v) is 5.09. The highest BCUT2D eigenvalue weighted by Crippen LogP contribution is 2.07. The molecule has 0 aliphatic carbocycles. The molecule has 0 saturated heterocycles. The summed E-state index contributed by atoms with van der Waals surface area (Å²) in [7, 11) is 0. The molecule has 1 amide bonds. The van der Waals surface area contributed by atoms with Gasteiger partial charge in [-0.05, 0) is 39.8 Å². The quantitative estimate of drug-likeness (QED) is 0.749. The lowest BCUT2D eigenvalue weighted by Crippen LogP contribution is -2.48. The predicted octanol–water partition coefficient (Wildman–Crippen LogP) is 1.61. The molecule has 6 heteroatoms. The third-order valence-corrected chi connectivity index (χ3v) is 1.30. The maximum Gasteiger partial charge on any atom is 0.424 e. The SMILES string of the molecule is CC(=O)ON(NC(=O)OC(C)(C)C)C(C)C. The first kappa shape index (κ1) is 14.7. The lowest BCUT2D eigenvalue weighted by Gasteiger charge is -2.26. The summed E-state index contributed by atoms with van der Waals surface area (Å²) in [6, 6.07) is -0.184. The molecule has 0 aliphatic rings. The minimum Gasteiger partial charge on any atom is -0.443 e. The van der Waals surface area contributed by atoms with Gasteiger partial charge < -0.3 is 9.57 Å². The monoisotopic (exact) mass is 232 g/mol. The fourth-order valence-corrected chi connectivity index (χ4v) is 0.787. The fourth-order valence-electron chi connectivity index (χ4n) is 0.787. The van der Waals surface area contributed by atoms with Gasteiger partial charge >= 0.3 is 12.1 Å². The molecule has 16 heavy (non-hydrogen) atoms. The van der Waals surface area contributed by atoms with E-state index < -0.39 is 17.7 Å². The number of nitrogens with zero attached hydrogens (tertiary/aromatic N) is 1. The average Bonchev–Trinajstić information content (AvgIpc) is 1.97. The number of amides is 1. The van der Waals surface area contributed by atoms with Crippen molar-refractivity contribution in [1.29, 1.82) is 0 Å². The molecule has 0 saturated carbocycles. The zero-order valence-electron chi connectivity index (χ0n) is 10.7. The summed E-state index contributed by atoms with van der Waals surface area (Å²) in [5.41, 5.74) is 1.74. The Labute approximate surface area is 95.8 Å². The van der Waals surface area contributed by atoms with E-state index in [4.69, 9.17) is 9.57 Å². The van der Waals surface area contributed by atoms with E-state index in [9.17, 15) is 9.59 Å². The highest BCUT2D eigenvalue weighted by Gasteiger charge is 2.21. The van der Waals surface area contributed by atoms with Crippen molar-refractivity contribution in [2.24, 2.45) is 0 Å². The lowest BCUT2D eigenvalue weighted by molar-refractivity contribution is -0.212. The Morgan fingerprint density at radius 3 is 2.06 bits per heavy atom. The van der Waals surface area contributed by atoms with E-state index in [1.54, 1.807) is 34.6 Å². The van der Waals surface area contributed by atoms with Gasteiger partial charge in [0.1, 0.15) is 5.60 Å². The average molecular weight is 232 g/mol. The molecule has 0 radical (unpaired) electrons. The molecule has 0 atom stereocenters. The Bertz CT molecular complexity index is 258. The zero-order chi connectivity index (χ0) is 12.9. The van der Waals surface area contributed by atoms with Crippen molar-refractivity contribution in [3.8, 4) is 0 Å². The van der Waals surface area contributed by atoms with Crippen molar-refractivity contribution in [3.05, 3.63) is 0 Å². The van der Waals surface area contributed by atoms with E-state index in [-0.39, 0.29) is 6.04 Å². The van der Waals surface area contributed by atoms with Crippen molar-refractivity contribution >= 4 is 12.1 Å². The van der Waals surface area contributed by atoms with E-state index in [1.165, 1.54) is 6.92 Å². The first-order valence-electron chi connectivity index (χ1n) is 5.09. The van der Waals surface area contributed by atoms with Crippen LogP contribution >= 0.6 is 0 Å². The lowest BCUT2D eigenvalue weighted by atomic mass is 10.2. The normalized spacial score (nSPS) is 11.5. The van der Waals surface area contributed by atoms with Crippen LogP contribution in [0.4, 0.5) is 4.79 Å². The number of hydroxylamine groups is 1. The number of nitrogens with one attached hydrogen (secondary N) is 1. The Kier molecular flexibility index (Phi) is 5.23. The van der Waals surface area contributed by atoms with Crippen LogP contribution in [0.2, 0.25) is 0 Å². The third kappa shape index (κ3) is 7.05. The van der Waals surface area contributed by atoms with Crippen LogP contribution in [0.25, 0.3) is 0 Å². The molecule has 0 unspecified atom stereocenters. The number of hydrogen-bond acceptors (Lipinski definition) is 5. The van der Waals surface area contributed by atoms with E-state index in [0.717, 1.165) is 5.17 Å². The van der Waals surface area contributed by atoms with Gasteiger partial charge in [-0.1, -0.05) is 0 Å². The maximum absolute atomic E-state index is 11.4. The summed E-state index contributed by atoms with van der Waals surface area (Å²) in [4.78, 5) is 26.9. The Morgan fingerprint density at radius 1 is 1.25 bits per heavy atom. The minimum absolute atomic E-state index is 0.184. The van der Waals surface area contributed by atoms with Crippen molar-refractivity contribution in [2.45, 2.75) is 53.2 Å². The van der Waals surface area contributed by atoms with Crippen molar-refractivity contribution in [3.63, 3.8) is 0 Å². The second-order valence-corrected chi connectivity index (χ2v) is 4.62. The molecule has 1 N–H and O–H groups in total. The van der Waals surface area contributed by atoms with Crippen LogP contribution < -0.4 is 5.43 Å². The molecule has 0 aromatic heterocycles. The molecule has 0 bridgehead atoms. The summed E-state index contributed by atoms with van der Waals surface area (Å²) in [5.74, 6) is -0.509. The number of carbonyl (C=O) groups is 2. The first-order chi connectivity index (χ1) is 7.11. The zero-order valence-corrected chi connectivity index (χ0v) is 10.7. The molecular formula is C10H20N2O4. The van der Waals surface area contributed by atoms with E-state index in [0.29, 0.717) is 0 Å². The van der Waals surface area contributed by atoms with Crippen molar-refractivity contribution < 1.29 is 19.2 Å². The van der Waals surface area contributed by atoms with Crippen LogP contribution in [0.5, 0.6) is 0 Å². The number of rotatable bonds is 3. The van der Waals surface area contributed by atoms with E-state index in [1.807, 2.05) is 0 Å². The van der Waals surface area contributed by atoms with Gasteiger partial charge in [0.15, 0.2) is 0 Å². The summed E-state index contributed by atoms with van der Waals surface area (Å²) in [5, 5.41) is 1.05. The van der Waals surface area contributed by atoms with Crippen LogP contribution in [-0.4, -0.2) is 28.9 Å². The summed E-state index contributed by atoms with van der Waals surface area (Å²) >= 11 is 0. The standard InChI is InChI=1S/C10H20N2O4/c1-7(2)12(16-8(3)13)11-9(14)15-10(4,5)6/h7H,1-6H3,(H,11,14). The second kappa shape index (κ2) is 5.69. The van der Waals surface area contributed by atoms with Gasteiger partial charge in [-0.15, -0.1) is 0 Å². The van der Waals surface area contributed by atoms with Gasteiger partial charge in [0.2, 0.25) is 0 Å². The molecule has 6 nitrogen and oxygen atoms in total. The number of ether oxygens (including phenoxy) is 1. The van der Waals surface area contributed by atoms with E-state index >= 15 is 0 Å². The summed E-state index contributed by atoms with van der Waals surface area (Å²) in [6.07, 6.45) is -0.664. The topological polar surface area (TPSA) is 67.9 Å². The highest BCUT2D eigenvalue weighted by atomic mass is 16.7. The van der Waals surface area contributed by atoms with Crippen LogP contribution in [0.1, 0.15) is 41.5 Å². The Hall–Kier alpha value is -1.30. The van der Waals surface area contributed by atoms with Crippen LogP contribution in [0.15, 0.2) is 0 Å². The van der Waals surface area contributed by atoms with Crippen LogP contribution in [-0.2, 0) is 14.4 Å². The maximum atomic E-state index is 11.4. The second-order valence-electron chi connectivity index (χ2n) is 4.62. The van der Waals surface area contributed by atoms with Crippen molar-refractivity contribution in [1.82, 2.24) is 10.6 Å². The molecule has 0 heterocycles. The minimum atomic E-state index is -0.664. The number of hydrazine groups is 1. The molecule has 0 aromatic rings. The molecule has 94 valence electrons. The third-order valence-electron chi connectivity index (χ3n) is 1.30. The largest absolute Gasteiger partial charge is 0.443 e. The fraction of sp³-hybridized carbons (Fsp3) is 0.800. The van der Waals surface area contributed by atoms with Gasteiger partial charge in [0.25, 0.3) is 0 Å².